The SMILES string of the molecule is COc1ccc2c(c1)OC[C@H](Cc1ccc(N)nc1C)C2. The van der Waals surface area contributed by atoms with Crippen molar-refractivity contribution < 1.29 is 9.47 Å². The van der Waals surface area contributed by atoms with Crippen LogP contribution in [-0.4, -0.2) is 18.7 Å². The number of benzene rings is 1. The minimum absolute atomic E-state index is 0.468. The quantitative estimate of drug-likeness (QED) is 0.941. The summed E-state index contributed by atoms with van der Waals surface area (Å²) >= 11 is 0. The van der Waals surface area contributed by atoms with Crippen molar-refractivity contribution in [3.63, 3.8) is 0 Å². The van der Waals surface area contributed by atoms with E-state index in [1.807, 2.05) is 25.1 Å². The number of aromatic nitrogens is 1. The van der Waals surface area contributed by atoms with Crippen molar-refractivity contribution in [1.82, 2.24) is 4.98 Å². The molecule has 2 heterocycles. The van der Waals surface area contributed by atoms with E-state index in [9.17, 15) is 0 Å². The summed E-state index contributed by atoms with van der Waals surface area (Å²) in [6.07, 6.45) is 1.98. The largest absolute Gasteiger partial charge is 0.497 e. The van der Waals surface area contributed by atoms with E-state index >= 15 is 0 Å². The van der Waals surface area contributed by atoms with Gasteiger partial charge >= 0.3 is 0 Å². The molecule has 1 aromatic carbocycles. The van der Waals surface area contributed by atoms with Crippen LogP contribution in [0.2, 0.25) is 0 Å². The number of anilines is 1. The lowest BCUT2D eigenvalue weighted by molar-refractivity contribution is 0.220. The van der Waals surface area contributed by atoms with Crippen LogP contribution in [0.15, 0.2) is 30.3 Å². The second-order valence-corrected chi connectivity index (χ2v) is 5.54. The van der Waals surface area contributed by atoms with Crippen LogP contribution in [-0.2, 0) is 12.8 Å². The first-order chi connectivity index (χ1) is 10.2. The lowest BCUT2D eigenvalue weighted by Crippen LogP contribution is -2.23. The normalized spacial score (nSPS) is 17.0. The van der Waals surface area contributed by atoms with Gasteiger partial charge in [0, 0.05) is 17.7 Å². The fourth-order valence-electron chi connectivity index (χ4n) is 2.81. The number of nitrogen functional groups attached to an aromatic ring is 1. The lowest BCUT2D eigenvalue weighted by atomic mass is 9.90. The Balaban J connectivity index is 1.74. The van der Waals surface area contributed by atoms with E-state index in [4.69, 9.17) is 15.2 Å². The molecule has 2 aromatic rings. The first kappa shape index (κ1) is 13.7. The highest BCUT2D eigenvalue weighted by Crippen LogP contribution is 2.32. The Kier molecular flexibility index (Phi) is 3.69. The smallest absolute Gasteiger partial charge is 0.126 e. The van der Waals surface area contributed by atoms with Crippen LogP contribution < -0.4 is 15.2 Å². The Labute approximate surface area is 124 Å². The van der Waals surface area contributed by atoms with Gasteiger partial charge in [0.05, 0.1) is 13.7 Å². The van der Waals surface area contributed by atoms with Crippen molar-refractivity contribution in [3.05, 3.63) is 47.2 Å². The summed E-state index contributed by atoms with van der Waals surface area (Å²) in [6, 6.07) is 9.97. The summed E-state index contributed by atoms with van der Waals surface area (Å²) in [5.41, 5.74) is 9.20. The van der Waals surface area contributed by atoms with Crippen molar-refractivity contribution in [1.29, 1.82) is 0 Å². The van der Waals surface area contributed by atoms with Crippen molar-refractivity contribution in [3.8, 4) is 11.5 Å². The van der Waals surface area contributed by atoms with Crippen molar-refractivity contribution in [2.45, 2.75) is 19.8 Å². The first-order valence-electron chi connectivity index (χ1n) is 7.17. The number of hydrogen-bond acceptors (Lipinski definition) is 4. The van der Waals surface area contributed by atoms with Crippen LogP contribution in [0.3, 0.4) is 0 Å². The molecular formula is C17H20N2O2. The van der Waals surface area contributed by atoms with Crippen LogP contribution in [0.1, 0.15) is 16.8 Å². The fraction of sp³-hybridized carbons (Fsp3) is 0.353. The number of methoxy groups -OCH3 is 1. The number of ether oxygens (including phenoxy) is 2. The molecule has 110 valence electrons. The number of fused-ring (bicyclic) bond motifs is 1. The van der Waals surface area contributed by atoms with Crippen LogP contribution in [0, 0.1) is 12.8 Å². The minimum Gasteiger partial charge on any atom is -0.497 e. The number of rotatable bonds is 3. The van der Waals surface area contributed by atoms with Crippen molar-refractivity contribution in [2.75, 3.05) is 19.5 Å². The second-order valence-electron chi connectivity index (χ2n) is 5.54. The van der Waals surface area contributed by atoms with E-state index in [0.717, 1.165) is 36.6 Å². The maximum Gasteiger partial charge on any atom is 0.126 e. The van der Waals surface area contributed by atoms with E-state index in [-0.39, 0.29) is 0 Å². The third-order valence-corrected chi connectivity index (χ3v) is 3.98. The van der Waals surface area contributed by atoms with Gasteiger partial charge in [0.25, 0.3) is 0 Å². The predicted octanol–water partition coefficient (Wildman–Crippen LogP) is 2.77. The Hall–Kier alpha value is -2.23. The van der Waals surface area contributed by atoms with Gasteiger partial charge in [0.15, 0.2) is 0 Å². The van der Waals surface area contributed by atoms with Crippen molar-refractivity contribution in [2.24, 2.45) is 5.92 Å². The van der Waals surface area contributed by atoms with E-state index in [2.05, 4.69) is 17.1 Å². The summed E-state index contributed by atoms with van der Waals surface area (Å²) < 4.78 is 11.1. The molecule has 4 heteroatoms. The summed E-state index contributed by atoms with van der Waals surface area (Å²) in [7, 11) is 1.67. The number of hydrogen-bond donors (Lipinski definition) is 1. The highest BCUT2D eigenvalue weighted by atomic mass is 16.5. The summed E-state index contributed by atoms with van der Waals surface area (Å²) in [5, 5.41) is 0. The molecule has 21 heavy (non-hydrogen) atoms. The maximum absolute atomic E-state index is 5.89. The number of nitrogens with zero attached hydrogens (tertiary/aromatic N) is 1. The van der Waals surface area contributed by atoms with Gasteiger partial charge in [0.1, 0.15) is 17.3 Å². The van der Waals surface area contributed by atoms with Crippen LogP contribution >= 0.6 is 0 Å². The second kappa shape index (κ2) is 5.64. The standard InChI is InChI=1S/C17H20N2O2/c1-11-13(4-6-17(18)19-11)7-12-8-14-3-5-15(20-2)9-16(14)21-10-12/h3-6,9,12H,7-8,10H2,1-2H3,(H2,18,19)/t12-/m1/s1. The van der Waals surface area contributed by atoms with Crippen LogP contribution in [0.25, 0.3) is 0 Å². The zero-order valence-electron chi connectivity index (χ0n) is 12.4. The summed E-state index contributed by atoms with van der Waals surface area (Å²) in [6.45, 7) is 2.73. The highest BCUT2D eigenvalue weighted by Gasteiger charge is 2.21. The fourth-order valence-corrected chi connectivity index (χ4v) is 2.81. The Morgan fingerprint density at radius 3 is 2.95 bits per heavy atom. The molecule has 1 aliphatic rings. The third kappa shape index (κ3) is 2.94. The Bertz CT molecular complexity index is 655. The molecular weight excluding hydrogens is 264 g/mol. The maximum atomic E-state index is 5.89. The molecule has 1 aromatic heterocycles. The average molecular weight is 284 g/mol. The monoisotopic (exact) mass is 284 g/mol. The van der Waals surface area contributed by atoms with Gasteiger partial charge in [-0.05, 0) is 43.0 Å². The van der Waals surface area contributed by atoms with Gasteiger partial charge in [-0.3, -0.25) is 0 Å². The molecule has 0 bridgehead atoms. The lowest BCUT2D eigenvalue weighted by Gasteiger charge is -2.26. The van der Waals surface area contributed by atoms with Gasteiger partial charge in [0.2, 0.25) is 0 Å². The van der Waals surface area contributed by atoms with Crippen molar-refractivity contribution >= 4 is 5.82 Å². The molecule has 0 fully saturated rings. The number of aryl methyl sites for hydroxylation is 1. The molecule has 3 rings (SSSR count). The molecule has 0 radical (unpaired) electrons. The highest BCUT2D eigenvalue weighted by molar-refractivity contribution is 5.42. The molecule has 1 atom stereocenters. The van der Waals surface area contributed by atoms with Gasteiger partial charge in [-0.2, -0.15) is 0 Å². The van der Waals surface area contributed by atoms with Gasteiger partial charge in [-0.15, -0.1) is 0 Å². The minimum atomic E-state index is 0.468. The first-order valence-corrected chi connectivity index (χ1v) is 7.17. The Morgan fingerprint density at radius 1 is 1.33 bits per heavy atom. The van der Waals surface area contributed by atoms with Gasteiger partial charge in [-0.1, -0.05) is 12.1 Å². The zero-order chi connectivity index (χ0) is 14.8. The van der Waals surface area contributed by atoms with Crippen LogP contribution in [0.4, 0.5) is 5.82 Å². The molecule has 2 N–H and O–H groups in total. The van der Waals surface area contributed by atoms with E-state index in [1.165, 1.54) is 11.1 Å². The average Bonchev–Trinajstić information content (AvgIpc) is 2.49. The third-order valence-electron chi connectivity index (χ3n) is 3.98. The topological polar surface area (TPSA) is 57.4 Å². The molecule has 0 aliphatic carbocycles. The molecule has 4 nitrogen and oxygen atoms in total. The zero-order valence-corrected chi connectivity index (χ0v) is 12.4. The van der Waals surface area contributed by atoms with Gasteiger partial charge < -0.3 is 15.2 Å². The predicted molar refractivity (Wildman–Crippen MR) is 82.8 cm³/mol. The number of pyridine rings is 1. The Morgan fingerprint density at radius 2 is 2.19 bits per heavy atom. The van der Waals surface area contributed by atoms with Crippen LogP contribution in [0.5, 0.6) is 11.5 Å². The molecule has 0 unspecified atom stereocenters. The molecule has 0 spiro atoms. The molecule has 0 saturated carbocycles. The molecule has 0 saturated heterocycles. The molecule has 1 aliphatic heterocycles. The van der Waals surface area contributed by atoms with Gasteiger partial charge in [-0.25, -0.2) is 4.98 Å². The van der Waals surface area contributed by atoms with E-state index in [0.29, 0.717) is 11.7 Å². The number of nitrogens with two attached hydrogens (primary N) is 1. The van der Waals surface area contributed by atoms with E-state index in [1.54, 1.807) is 7.11 Å². The van der Waals surface area contributed by atoms with E-state index < -0.39 is 0 Å². The molecule has 0 amide bonds. The summed E-state index contributed by atoms with van der Waals surface area (Å²) in [4.78, 5) is 4.33. The summed E-state index contributed by atoms with van der Waals surface area (Å²) in [5.74, 6) is 2.83.